The van der Waals surface area contributed by atoms with Gasteiger partial charge in [0.1, 0.15) is 18.2 Å². The Balaban J connectivity index is 1.55. The predicted octanol–water partition coefficient (Wildman–Crippen LogP) is 3.71. The normalized spacial score (nSPS) is 22.8. The smallest absolute Gasteiger partial charge is 0.367 e. The zero-order valence-corrected chi connectivity index (χ0v) is 18.7. The number of ether oxygens (including phenoxy) is 1. The van der Waals surface area contributed by atoms with Crippen molar-refractivity contribution in [1.29, 1.82) is 0 Å². The molecule has 4 rings (SSSR count). The van der Waals surface area contributed by atoms with Crippen molar-refractivity contribution in [3.63, 3.8) is 0 Å². The van der Waals surface area contributed by atoms with Gasteiger partial charge in [0.15, 0.2) is 5.78 Å². The Morgan fingerprint density at radius 1 is 1.12 bits per heavy atom. The Morgan fingerprint density at radius 3 is 2.44 bits per heavy atom. The van der Waals surface area contributed by atoms with Gasteiger partial charge in [-0.15, -0.1) is 0 Å². The number of ketones is 1. The standard InChI is InChI=1S/C24H22ClF3N2O4/c25-17-9-3-14(4-10-17)12-18(22(33)30-23-11-1-2-20(23)34-13-19(23)31)29-21(32)15-5-7-16(8-6-15)24(26,27)28/h3-10,18,20H,1-2,11-13H2,(H,29,32)(H,30,33). The van der Waals surface area contributed by atoms with Crippen molar-refractivity contribution >= 4 is 29.2 Å². The van der Waals surface area contributed by atoms with E-state index in [0.717, 1.165) is 30.7 Å². The topological polar surface area (TPSA) is 84.5 Å². The Hall–Kier alpha value is -2.91. The highest BCUT2D eigenvalue weighted by Crippen LogP contribution is 2.38. The van der Waals surface area contributed by atoms with Crippen LogP contribution in [0.15, 0.2) is 48.5 Å². The van der Waals surface area contributed by atoms with E-state index in [-0.39, 0.29) is 24.4 Å². The number of fused-ring (bicyclic) bond motifs is 1. The summed E-state index contributed by atoms with van der Waals surface area (Å²) < 4.78 is 44.1. The Kier molecular flexibility index (Phi) is 6.69. The molecule has 6 nitrogen and oxygen atoms in total. The molecule has 1 aliphatic heterocycles. The number of nitrogens with one attached hydrogen (secondary N) is 2. The third-order valence-corrected chi connectivity index (χ3v) is 6.55. The number of benzene rings is 2. The largest absolute Gasteiger partial charge is 0.416 e. The summed E-state index contributed by atoms with van der Waals surface area (Å²) in [5.41, 5.74) is -1.33. The van der Waals surface area contributed by atoms with Gasteiger partial charge in [-0.25, -0.2) is 0 Å². The van der Waals surface area contributed by atoms with Crippen LogP contribution in [0.25, 0.3) is 0 Å². The summed E-state index contributed by atoms with van der Waals surface area (Å²) in [4.78, 5) is 38.7. The molecule has 0 radical (unpaired) electrons. The molecule has 3 atom stereocenters. The Morgan fingerprint density at radius 2 is 1.79 bits per heavy atom. The first-order chi connectivity index (χ1) is 16.1. The van der Waals surface area contributed by atoms with Crippen LogP contribution in [0, 0.1) is 0 Å². The molecule has 0 aromatic heterocycles. The fourth-order valence-corrected chi connectivity index (χ4v) is 4.59. The van der Waals surface area contributed by atoms with Gasteiger partial charge >= 0.3 is 6.18 Å². The number of carbonyl (C=O) groups is 3. The van der Waals surface area contributed by atoms with Gasteiger partial charge in [-0.05, 0) is 61.2 Å². The lowest BCUT2D eigenvalue weighted by molar-refractivity contribution is -0.137. The predicted molar refractivity (Wildman–Crippen MR) is 117 cm³/mol. The Labute approximate surface area is 198 Å². The number of Topliss-reactive ketones (excluding diaryl/α,β-unsaturated/α-hetero) is 1. The maximum absolute atomic E-state index is 13.3. The lowest BCUT2D eigenvalue weighted by atomic mass is 9.91. The van der Waals surface area contributed by atoms with Gasteiger partial charge in [-0.3, -0.25) is 14.4 Å². The summed E-state index contributed by atoms with van der Waals surface area (Å²) in [5, 5.41) is 5.92. The van der Waals surface area contributed by atoms with E-state index in [0.29, 0.717) is 23.4 Å². The molecule has 2 fully saturated rings. The van der Waals surface area contributed by atoms with Gasteiger partial charge in [0.05, 0.1) is 11.7 Å². The summed E-state index contributed by atoms with van der Waals surface area (Å²) in [5.74, 6) is -1.49. The van der Waals surface area contributed by atoms with Gasteiger partial charge in [0.2, 0.25) is 5.91 Å². The maximum Gasteiger partial charge on any atom is 0.416 e. The van der Waals surface area contributed by atoms with Crippen molar-refractivity contribution in [1.82, 2.24) is 10.6 Å². The molecule has 180 valence electrons. The van der Waals surface area contributed by atoms with Gasteiger partial charge in [0.25, 0.3) is 5.91 Å². The van der Waals surface area contributed by atoms with E-state index in [1.165, 1.54) is 0 Å². The molecule has 2 aromatic rings. The van der Waals surface area contributed by atoms with E-state index in [4.69, 9.17) is 16.3 Å². The quantitative estimate of drug-likeness (QED) is 0.641. The molecule has 2 aromatic carbocycles. The first kappa shape index (κ1) is 24.2. The van der Waals surface area contributed by atoms with Gasteiger partial charge in [-0.1, -0.05) is 23.7 Å². The second kappa shape index (κ2) is 9.38. The SMILES string of the molecule is O=C(NC(Cc1ccc(Cl)cc1)C(=O)NC12CCCC1OCC2=O)c1ccc(C(F)(F)F)cc1. The average Bonchev–Trinajstić information content (AvgIpc) is 3.33. The summed E-state index contributed by atoms with van der Waals surface area (Å²) in [6.07, 6.45) is -3.04. The van der Waals surface area contributed by atoms with Crippen molar-refractivity contribution in [2.24, 2.45) is 0 Å². The molecule has 2 aliphatic rings. The molecular weight excluding hydrogens is 473 g/mol. The zero-order valence-electron chi connectivity index (χ0n) is 18.0. The number of amides is 2. The van der Waals surface area contributed by atoms with E-state index < -0.39 is 41.2 Å². The number of halogens is 4. The van der Waals surface area contributed by atoms with Crippen LogP contribution in [0.5, 0.6) is 0 Å². The third kappa shape index (κ3) is 4.95. The molecule has 0 spiro atoms. The van der Waals surface area contributed by atoms with Crippen molar-refractivity contribution in [2.45, 2.75) is 49.5 Å². The molecule has 2 amide bonds. The van der Waals surface area contributed by atoms with Crippen molar-refractivity contribution < 1.29 is 32.3 Å². The van der Waals surface area contributed by atoms with Crippen LogP contribution in [0.3, 0.4) is 0 Å². The summed E-state index contributed by atoms with van der Waals surface area (Å²) >= 11 is 5.93. The van der Waals surface area contributed by atoms with Crippen LogP contribution in [0.2, 0.25) is 5.02 Å². The van der Waals surface area contributed by atoms with E-state index >= 15 is 0 Å². The molecule has 2 N–H and O–H groups in total. The van der Waals surface area contributed by atoms with E-state index in [1.54, 1.807) is 24.3 Å². The molecule has 1 heterocycles. The van der Waals surface area contributed by atoms with Crippen molar-refractivity contribution in [3.05, 3.63) is 70.2 Å². The van der Waals surface area contributed by atoms with Crippen LogP contribution in [-0.2, 0) is 26.9 Å². The Bertz CT molecular complexity index is 1090. The highest BCUT2D eigenvalue weighted by atomic mass is 35.5. The second-order valence-electron chi connectivity index (χ2n) is 8.51. The molecule has 1 aliphatic carbocycles. The molecule has 10 heteroatoms. The van der Waals surface area contributed by atoms with Crippen molar-refractivity contribution in [3.8, 4) is 0 Å². The zero-order chi connectivity index (χ0) is 24.5. The minimum absolute atomic E-state index is 0.0286. The lowest BCUT2D eigenvalue weighted by Gasteiger charge is -2.30. The highest BCUT2D eigenvalue weighted by molar-refractivity contribution is 6.30. The monoisotopic (exact) mass is 494 g/mol. The van der Waals surface area contributed by atoms with E-state index in [9.17, 15) is 27.6 Å². The number of rotatable bonds is 6. The van der Waals surface area contributed by atoms with Crippen LogP contribution < -0.4 is 10.6 Å². The maximum atomic E-state index is 13.3. The van der Waals surface area contributed by atoms with E-state index in [1.807, 2.05) is 0 Å². The number of alkyl halides is 3. The minimum atomic E-state index is -4.53. The summed E-state index contributed by atoms with van der Waals surface area (Å²) in [7, 11) is 0. The first-order valence-corrected chi connectivity index (χ1v) is 11.2. The highest BCUT2D eigenvalue weighted by Gasteiger charge is 2.55. The molecule has 3 unspecified atom stereocenters. The van der Waals surface area contributed by atoms with Crippen LogP contribution >= 0.6 is 11.6 Å². The fourth-order valence-electron chi connectivity index (χ4n) is 4.46. The van der Waals surface area contributed by atoms with Gasteiger partial charge in [-0.2, -0.15) is 13.2 Å². The fraction of sp³-hybridized carbons (Fsp3) is 0.375. The summed E-state index contributed by atoms with van der Waals surface area (Å²) in [6.45, 7) is -0.0787. The molecule has 1 saturated carbocycles. The summed E-state index contributed by atoms with van der Waals surface area (Å²) in [6, 6.07) is 9.32. The average molecular weight is 495 g/mol. The van der Waals surface area contributed by atoms with Crippen LogP contribution in [0.1, 0.15) is 40.7 Å². The molecule has 34 heavy (non-hydrogen) atoms. The lowest BCUT2D eigenvalue weighted by Crippen LogP contribution is -2.60. The molecule has 1 saturated heterocycles. The van der Waals surface area contributed by atoms with Crippen molar-refractivity contribution in [2.75, 3.05) is 6.61 Å². The van der Waals surface area contributed by atoms with Crippen LogP contribution in [0.4, 0.5) is 13.2 Å². The van der Waals surface area contributed by atoms with E-state index in [2.05, 4.69) is 10.6 Å². The number of hydrogen-bond donors (Lipinski definition) is 2. The van der Waals surface area contributed by atoms with Crippen LogP contribution in [-0.4, -0.2) is 41.9 Å². The number of hydrogen-bond acceptors (Lipinski definition) is 4. The number of carbonyl (C=O) groups excluding carboxylic acids is 3. The van der Waals surface area contributed by atoms with Gasteiger partial charge < -0.3 is 15.4 Å². The first-order valence-electron chi connectivity index (χ1n) is 10.8. The van der Waals surface area contributed by atoms with Gasteiger partial charge in [0, 0.05) is 17.0 Å². The second-order valence-corrected chi connectivity index (χ2v) is 8.94. The third-order valence-electron chi connectivity index (χ3n) is 6.30. The molecule has 0 bridgehead atoms. The minimum Gasteiger partial charge on any atom is -0.367 e. The molecular formula is C24H22ClF3N2O4.